The number of amides is 1. The molecule has 218 valence electrons. The van der Waals surface area contributed by atoms with Crippen LogP contribution in [0, 0.1) is 13.8 Å². The van der Waals surface area contributed by atoms with Crippen LogP contribution < -0.4 is 20.1 Å². The maximum Gasteiger partial charge on any atom is 0.255 e. The molecule has 1 aliphatic heterocycles. The Morgan fingerprint density at radius 1 is 1.02 bits per heavy atom. The molecule has 0 fully saturated rings. The average Bonchev–Trinajstić information content (AvgIpc) is 3.37. The van der Waals surface area contributed by atoms with Crippen LogP contribution >= 0.6 is 23.4 Å². The van der Waals surface area contributed by atoms with Gasteiger partial charge in [0.1, 0.15) is 6.04 Å². The zero-order valence-electron chi connectivity index (χ0n) is 24.3. The summed E-state index contributed by atoms with van der Waals surface area (Å²) in [5.41, 5.74) is 5.92. The van der Waals surface area contributed by atoms with Gasteiger partial charge in [-0.2, -0.15) is 4.98 Å². The van der Waals surface area contributed by atoms with E-state index >= 15 is 0 Å². The van der Waals surface area contributed by atoms with Crippen molar-refractivity contribution in [3.8, 4) is 11.5 Å². The molecule has 1 amide bonds. The van der Waals surface area contributed by atoms with Gasteiger partial charge in [-0.3, -0.25) is 4.79 Å². The normalized spacial score (nSPS) is 14.3. The van der Waals surface area contributed by atoms with Crippen molar-refractivity contribution in [3.63, 3.8) is 0 Å². The maximum atomic E-state index is 14.0. The minimum absolute atomic E-state index is 0.225. The summed E-state index contributed by atoms with van der Waals surface area (Å²) in [4.78, 5) is 18.8. The summed E-state index contributed by atoms with van der Waals surface area (Å²) >= 11 is 7.87. The number of hydrogen-bond donors (Lipinski definition) is 2. The number of thioether (sulfide) groups is 1. The van der Waals surface area contributed by atoms with Gasteiger partial charge in [-0.05, 0) is 81.1 Å². The summed E-state index contributed by atoms with van der Waals surface area (Å²) in [5.74, 6) is 2.19. The summed E-state index contributed by atoms with van der Waals surface area (Å²) in [6.45, 7) is 10.8. The second kappa shape index (κ2) is 12.9. The molecule has 1 atom stereocenters. The third-order valence-corrected chi connectivity index (χ3v) is 8.38. The van der Waals surface area contributed by atoms with Crippen LogP contribution in [-0.4, -0.2) is 33.9 Å². The molecule has 1 aliphatic rings. The van der Waals surface area contributed by atoms with Crippen molar-refractivity contribution < 1.29 is 14.3 Å². The largest absolute Gasteiger partial charge is 0.490 e. The van der Waals surface area contributed by atoms with E-state index in [-0.39, 0.29) is 5.91 Å². The lowest BCUT2D eigenvalue weighted by Gasteiger charge is -2.29. The van der Waals surface area contributed by atoms with Crippen LogP contribution in [-0.2, 0) is 10.5 Å². The van der Waals surface area contributed by atoms with E-state index in [1.54, 1.807) is 4.68 Å². The first kappa shape index (κ1) is 29.5. The number of hydrogen-bond acceptors (Lipinski definition) is 7. The molecule has 0 aliphatic carbocycles. The van der Waals surface area contributed by atoms with Crippen LogP contribution in [0.25, 0.3) is 0 Å². The fourth-order valence-corrected chi connectivity index (χ4v) is 5.98. The zero-order valence-corrected chi connectivity index (χ0v) is 25.9. The van der Waals surface area contributed by atoms with Crippen molar-refractivity contribution in [2.45, 2.75) is 51.6 Å². The number of benzene rings is 3. The molecule has 0 spiro atoms. The Morgan fingerprint density at radius 3 is 2.55 bits per heavy atom. The Morgan fingerprint density at radius 2 is 1.79 bits per heavy atom. The number of carbonyl (C=O) groups excluding carboxylic acids is 1. The Hall–Kier alpha value is -3.95. The number of carbonyl (C=O) groups is 1. The molecule has 0 saturated heterocycles. The van der Waals surface area contributed by atoms with E-state index in [9.17, 15) is 4.79 Å². The third kappa shape index (κ3) is 6.12. The highest BCUT2D eigenvalue weighted by molar-refractivity contribution is 7.98. The molecule has 2 N–H and O–H groups in total. The van der Waals surface area contributed by atoms with E-state index in [1.165, 1.54) is 11.8 Å². The summed E-state index contributed by atoms with van der Waals surface area (Å²) in [6.07, 6.45) is 0. The van der Waals surface area contributed by atoms with E-state index in [0.29, 0.717) is 57.9 Å². The molecule has 42 heavy (non-hydrogen) atoms. The van der Waals surface area contributed by atoms with Gasteiger partial charge < -0.3 is 20.1 Å². The molecule has 10 heteroatoms. The van der Waals surface area contributed by atoms with Crippen LogP contribution in [0.1, 0.15) is 49.1 Å². The lowest BCUT2D eigenvalue weighted by atomic mass is 9.94. The van der Waals surface area contributed by atoms with Gasteiger partial charge in [0, 0.05) is 22.2 Å². The first-order chi connectivity index (χ1) is 20.3. The molecule has 0 bridgehead atoms. The van der Waals surface area contributed by atoms with Crippen LogP contribution in [0.4, 0.5) is 11.6 Å². The second-order valence-electron chi connectivity index (χ2n) is 9.88. The van der Waals surface area contributed by atoms with Gasteiger partial charge in [0.2, 0.25) is 11.1 Å². The number of nitrogens with one attached hydrogen (secondary N) is 2. The second-order valence-corrected chi connectivity index (χ2v) is 11.2. The van der Waals surface area contributed by atoms with Crippen molar-refractivity contribution in [3.05, 3.63) is 99.2 Å². The number of allylic oxidation sites excluding steroid dienone is 1. The number of aryl methyl sites for hydroxylation is 1. The number of nitrogens with zero attached hydrogens (tertiary/aromatic N) is 3. The topological polar surface area (TPSA) is 90.3 Å². The Balaban J connectivity index is 1.56. The van der Waals surface area contributed by atoms with E-state index in [1.807, 2.05) is 95.3 Å². The molecule has 4 aromatic rings. The molecule has 1 unspecified atom stereocenters. The van der Waals surface area contributed by atoms with Gasteiger partial charge in [-0.15, -0.1) is 5.10 Å². The highest BCUT2D eigenvalue weighted by atomic mass is 35.5. The smallest absolute Gasteiger partial charge is 0.255 e. The standard InChI is InChI=1S/C32H34ClN5O3S/c1-6-40-26-16-15-22(17-27(26)41-7-2)29-28(30(39)35-25-14-10-11-19(3)20(25)4)21(5)34-31-36-32(37-38(29)31)42-18-23-12-8-9-13-24(23)33/h8-17,29H,6-7,18H2,1-5H3,(H,35,39)(H,34,36,37). The molecule has 5 rings (SSSR count). The Labute approximate surface area is 255 Å². The van der Waals surface area contributed by atoms with Crippen molar-refractivity contribution in [1.29, 1.82) is 0 Å². The van der Waals surface area contributed by atoms with Gasteiger partial charge in [-0.25, -0.2) is 4.68 Å². The predicted octanol–water partition coefficient (Wildman–Crippen LogP) is 7.57. The molecule has 1 aromatic heterocycles. The molecule has 3 aromatic carbocycles. The van der Waals surface area contributed by atoms with Crippen molar-refractivity contribution in [2.24, 2.45) is 0 Å². The Kier molecular flexibility index (Phi) is 9.09. The molecular formula is C32H34ClN5O3S. The maximum absolute atomic E-state index is 14.0. The molecule has 0 radical (unpaired) electrons. The lowest BCUT2D eigenvalue weighted by molar-refractivity contribution is -0.113. The molecular weight excluding hydrogens is 570 g/mol. The SMILES string of the molecule is CCOc1ccc(C2C(C(=O)Nc3cccc(C)c3C)=C(C)Nc3nc(SCc4ccccc4Cl)nn32)cc1OCC. The highest BCUT2D eigenvalue weighted by Gasteiger charge is 2.35. The first-order valence-corrected chi connectivity index (χ1v) is 15.2. The minimum Gasteiger partial charge on any atom is -0.490 e. The van der Waals surface area contributed by atoms with Crippen molar-refractivity contribution in [2.75, 3.05) is 23.8 Å². The third-order valence-electron chi connectivity index (χ3n) is 7.13. The quantitative estimate of drug-likeness (QED) is 0.181. The minimum atomic E-state index is -0.566. The van der Waals surface area contributed by atoms with Crippen LogP contribution in [0.2, 0.25) is 5.02 Å². The zero-order chi connectivity index (χ0) is 29.8. The van der Waals surface area contributed by atoms with Gasteiger partial charge in [0.05, 0.1) is 18.8 Å². The number of rotatable bonds is 10. The van der Waals surface area contributed by atoms with Gasteiger partial charge in [0.15, 0.2) is 11.5 Å². The fourth-order valence-electron chi connectivity index (χ4n) is 4.87. The summed E-state index contributed by atoms with van der Waals surface area (Å²) in [5, 5.41) is 12.6. The van der Waals surface area contributed by atoms with Crippen molar-refractivity contribution in [1.82, 2.24) is 14.8 Å². The van der Waals surface area contributed by atoms with Crippen LogP contribution in [0.3, 0.4) is 0 Å². The van der Waals surface area contributed by atoms with E-state index < -0.39 is 6.04 Å². The number of fused-ring (bicyclic) bond motifs is 1. The van der Waals surface area contributed by atoms with Gasteiger partial charge >= 0.3 is 0 Å². The molecule has 8 nitrogen and oxygen atoms in total. The number of halogens is 1. The van der Waals surface area contributed by atoms with Gasteiger partial charge in [0.25, 0.3) is 5.91 Å². The Bertz CT molecular complexity index is 1650. The number of ether oxygens (including phenoxy) is 2. The average molecular weight is 604 g/mol. The number of aromatic nitrogens is 3. The summed E-state index contributed by atoms with van der Waals surface area (Å²) in [6, 6.07) is 18.8. The van der Waals surface area contributed by atoms with Crippen molar-refractivity contribution >= 4 is 40.9 Å². The predicted molar refractivity (Wildman–Crippen MR) is 169 cm³/mol. The first-order valence-electron chi connectivity index (χ1n) is 13.9. The number of anilines is 2. The monoisotopic (exact) mass is 603 g/mol. The summed E-state index contributed by atoms with van der Waals surface area (Å²) in [7, 11) is 0. The van der Waals surface area contributed by atoms with Gasteiger partial charge in [-0.1, -0.05) is 59.8 Å². The highest BCUT2D eigenvalue weighted by Crippen LogP contribution is 2.40. The fraction of sp³-hybridized carbons (Fsp3) is 0.281. The summed E-state index contributed by atoms with van der Waals surface area (Å²) < 4.78 is 13.5. The van der Waals surface area contributed by atoms with E-state index in [0.717, 1.165) is 27.9 Å². The molecule has 2 heterocycles. The lowest BCUT2D eigenvalue weighted by Crippen LogP contribution is -2.31. The molecule has 0 saturated carbocycles. The van der Waals surface area contributed by atoms with E-state index in [4.69, 9.17) is 31.2 Å². The van der Waals surface area contributed by atoms with Crippen LogP contribution in [0.15, 0.2) is 77.1 Å². The van der Waals surface area contributed by atoms with Crippen LogP contribution in [0.5, 0.6) is 11.5 Å². The van der Waals surface area contributed by atoms with E-state index in [2.05, 4.69) is 10.6 Å².